The second kappa shape index (κ2) is 5.98. The SMILES string of the molecule is COCC(C)NC1CCCC(S(C)(=O)=O)C1. The summed E-state index contributed by atoms with van der Waals surface area (Å²) in [6, 6.07) is 0.604. The topological polar surface area (TPSA) is 55.4 Å². The standard InChI is InChI=1S/C11H23NO3S/c1-9(8-15-2)12-10-5-4-6-11(7-10)16(3,13)14/h9-12H,4-8H2,1-3H3. The number of sulfone groups is 1. The molecule has 1 fully saturated rings. The zero-order valence-corrected chi connectivity index (χ0v) is 11.2. The van der Waals surface area contributed by atoms with Crippen molar-refractivity contribution in [3.8, 4) is 0 Å². The van der Waals surface area contributed by atoms with E-state index in [2.05, 4.69) is 12.2 Å². The van der Waals surface area contributed by atoms with Gasteiger partial charge in [-0.15, -0.1) is 0 Å². The van der Waals surface area contributed by atoms with Crippen LogP contribution >= 0.6 is 0 Å². The Morgan fingerprint density at radius 2 is 2.12 bits per heavy atom. The summed E-state index contributed by atoms with van der Waals surface area (Å²) in [5.74, 6) is 0. The van der Waals surface area contributed by atoms with Crippen molar-refractivity contribution in [1.29, 1.82) is 0 Å². The van der Waals surface area contributed by atoms with Gasteiger partial charge in [0.15, 0.2) is 0 Å². The van der Waals surface area contributed by atoms with Gasteiger partial charge in [0.1, 0.15) is 9.84 Å². The monoisotopic (exact) mass is 249 g/mol. The van der Waals surface area contributed by atoms with E-state index in [9.17, 15) is 8.42 Å². The molecule has 5 heteroatoms. The van der Waals surface area contributed by atoms with E-state index >= 15 is 0 Å². The maximum Gasteiger partial charge on any atom is 0.150 e. The van der Waals surface area contributed by atoms with Crippen LogP contribution in [0.15, 0.2) is 0 Å². The molecule has 0 aromatic carbocycles. The molecule has 1 aliphatic rings. The van der Waals surface area contributed by atoms with Crippen LogP contribution in [0.5, 0.6) is 0 Å². The van der Waals surface area contributed by atoms with Gasteiger partial charge in [0.05, 0.1) is 11.9 Å². The molecule has 3 unspecified atom stereocenters. The molecule has 0 spiro atoms. The van der Waals surface area contributed by atoms with Crippen molar-refractivity contribution in [2.45, 2.75) is 49.9 Å². The minimum absolute atomic E-state index is 0.159. The number of rotatable bonds is 5. The fourth-order valence-corrected chi connectivity index (χ4v) is 3.56. The summed E-state index contributed by atoms with van der Waals surface area (Å²) >= 11 is 0. The molecule has 0 aromatic rings. The lowest BCUT2D eigenvalue weighted by atomic mass is 9.94. The number of hydrogen-bond donors (Lipinski definition) is 1. The highest BCUT2D eigenvalue weighted by atomic mass is 32.2. The second-order valence-corrected chi connectivity index (χ2v) is 7.16. The summed E-state index contributed by atoms with van der Waals surface area (Å²) in [5.41, 5.74) is 0. The second-order valence-electron chi connectivity index (χ2n) is 4.84. The molecule has 1 N–H and O–H groups in total. The third kappa shape index (κ3) is 4.39. The molecule has 96 valence electrons. The van der Waals surface area contributed by atoms with Crippen LogP contribution in [0.2, 0.25) is 0 Å². The Labute approximate surface area is 98.7 Å². The molecule has 0 heterocycles. The van der Waals surface area contributed by atoms with Gasteiger partial charge in [-0.2, -0.15) is 0 Å². The van der Waals surface area contributed by atoms with E-state index in [0.29, 0.717) is 12.6 Å². The summed E-state index contributed by atoms with van der Waals surface area (Å²) < 4.78 is 28.0. The van der Waals surface area contributed by atoms with E-state index in [-0.39, 0.29) is 11.3 Å². The third-order valence-electron chi connectivity index (χ3n) is 3.17. The molecule has 0 amide bonds. The predicted molar refractivity (Wildman–Crippen MR) is 65.4 cm³/mol. The maximum absolute atomic E-state index is 11.5. The van der Waals surface area contributed by atoms with Crippen molar-refractivity contribution in [3.63, 3.8) is 0 Å². The number of nitrogens with one attached hydrogen (secondary N) is 1. The van der Waals surface area contributed by atoms with Gasteiger partial charge in [0, 0.05) is 25.4 Å². The molecule has 0 saturated heterocycles. The largest absolute Gasteiger partial charge is 0.383 e. The molecule has 4 nitrogen and oxygen atoms in total. The van der Waals surface area contributed by atoms with Crippen LogP contribution < -0.4 is 5.32 Å². The first-order valence-electron chi connectivity index (χ1n) is 5.87. The van der Waals surface area contributed by atoms with Gasteiger partial charge in [-0.25, -0.2) is 8.42 Å². The first-order chi connectivity index (χ1) is 7.43. The van der Waals surface area contributed by atoms with E-state index in [4.69, 9.17) is 4.74 Å². The van der Waals surface area contributed by atoms with Gasteiger partial charge >= 0.3 is 0 Å². The van der Waals surface area contributed by atoms with Gasteiger partial charge in [-0.05, 0) is 26.2 Å². The fourth-order valence-electron chi connectivity index (χ4n) is 2.39. The molecule has 0 aliphatic heterocycles. The molecule has 0 aromatic heterocycles. The van der Waals surface area contributed by atoms with E-state index in [1.165, 1.54) is 6.26 Å². The van der Waals surface area contributed by atoms with E-state index in [0.717, 1.165) is 25.7 Å². The van der Waals surface area contributed by atoms with Gasteiger partial charge in [-0.3, -0.25) is 0 Å². The van der Waals surface area contributed by atoms with Crippen LogP contribution in [0.4, 0.5) is 0 Å². The van der Waals surface area contributed by atoms with Crippen LogP contribution in [0, 0.1) is 0 Å². The van der Waals surface area contributed by atoms with E-state index in [1.807, 2.05) is 0 Å². The van der Waals surface area contributed by atoms with Gasteiger partial charge in [-0.1, -0.05) is 6.42 Å². The smallest absolute Gasteiger partial charge is 0.150 e. The summed E-state index contributed by atoms with van der Waals surface area (Å²) in [7, 11) is -1.20. The van der Waals surface area contributed by atoms with Gasteiger partial charge in [0.2, 0.25) is 0 Å². The van der Waals surface area contributed by atoms with Crippen LogP contribution in [0.1, 0.15) is 32.6 Å². The van der Waals surface area contributed by atoms with Crippen molar-refractivity contribution in [2.24, 2.45) is 0 Å². The summed E-state index contributed by atoms with van der Waals surface area (Å²) in [5, 5.41) is 3.27. The zero-order valence-electron chi connectivity index (χ0n) is 10.4. The van der Waals surface area contributed by atoms with Crippen molar-refractivity contribution in [2.75, 3.05) is 20.0 Å². The highest BCUT2D eigenvalue weighted by Crippen LogP contribution is 2.24. The molecule has 16 heavy (non-hydrogen) atoms. The Morgan fingerprint density at radius 3 is 2.69 bits per heavy atom. The van der Waals surface area contributed by atoms with Gasteiger partial charge in [0.25, 0.3) is 0 Å². The zero-order chi connectivity index (χ0) is 12.2. The Kier molecular flexibility index (Phi) is 5.21. The molecule has 0 bridgehead atoms. The lowest BCUT2D eigenvalue weighted by molar-refractivity contribution is 0.162. The highest BCUT2D eigenvalue weighted by Gasteiger charge is 2.29. The minimum atomic E-state index is -2.88. The summed E-state index contributed by atoms with van der Waals surface area (Å²) in [4.78, 5) is 0. The van der Waals surface area contributed by atoms with Crippen molar-refractivity contribution in [1.82, 2.24) is 5.32 Å². The normalized spacial score (nSPS) is 28.9. The summed E-state index contributed by atoms with van der Waals surface area (Å²) in [6.45, 7) is 2.73. The molecule has 1 aliphatic carbocycles. The minimum Gasteiger partial charge on any atom is -0.383 e. The lowest BCUT2D eigenvalue weighted by Gasteiger charge is -2.30. The average molecular weight is 249 g/mol. The Hall–Kier alpha value is -0.130. The first kappa shape index (κ1) is 13.9. The molecule has 3 atom stereocenters. The predicted octanol–water partition coefficient (Wildman–Crippen LogP) is 0.967. The maximum atomic E-state index is 11.5. The molecule has 0 radical (unpaired) electrons. The lowest BCUT2D eigenvalue weighted by Crippen LogP contribution is -2.44. The number of methoxy groups -OCH3 is 1. The first-order valence-corrected chi connectivity index (χ1v) is 7.82. The van der Waals surface area contributed by atoms with Crippen LogP contribution in [0.25, 0.3) is 0 Å². The average Bonchev–Trinajstić information content (AvgIpc) is 2.17. The van der Waals surface area contributed by atoms with Crippen molar-refractivity contribution < 1.29 is 13.2 Å². The number of ether oxygens (including phenoxy) is 1. The van der Waals surface area contributed by atoms with Crippen LogP contribution in [0.3, 0.4) is 0 Å². The van der Waals surface area contributed by atoms with E-state index < -0.39 is 9.84 Å². The van der Waals surface area contributed by atoms with Crippen LogP contribution in [-0.2, 0) is 14.6 Å². The Bertz CT molecular complexity index is 302. The quantitative estimate of drug-likeness (QED) is 0.789. The van der Waals surface area contributed by atoms with Gasteiger partial charge < -0.3 is 10.1 Å². The van der Waals surface area contributed by atoms with Crippen LogP contribution in [-0.4, -0.2) is 45.7 Å². The highest BCUT2D eigenvalue weighted by molar-refractivity contribution is 7.91. The van der Waals surface area contributed by atoms with Crippen molar-refractivity contribution in [3.05, 3.63) is 0 Å². The van der Waals surface area contributed by atoms with E-state index in [1.54, 1.807) is 7.11 Å². The Morgan fingerprint density at radius 1 is 1.44 bits per heavy atom. The van der Waals surface area contributed by atoms with Crippen molar-refractivity contribution >= 4 is 9.84 Å². The molecular formula is C11H23NO3S. The summed E-state index contributed by atoms with van der Waals surface area (Å²) in [6.07, 6.45) is 4.97. The Balaban J connectivity index is 2.45. The third-order valence-corrected chi connectivity index (χ3v) is 4.81. The molecule has 1 rings (SSSR count). The molecular weight excluding hydrogens is 226 g/mol. The molecule has 1 saturated carbocycles. The number of hydrogen-bond acceptors (Lipinski definition) is 4. The fraction of sp³-hybridized carbons (Fsp3) is 1.00.